The molecule has 2 N–H and O–H groups in total. The third-order valence-corrected chi connectivity index (χ3v) is 15.3. The van der Waals surface area contributed by atoms with E-state index in [1.807, 2.05) is 12.4 Å². The maximum absolute atomic E-state index is 11.8. The van der Waals surface area contributed by atoms with E-state index in [2.05, 4.69) is 138 Å². The Morgan fingerprint density at radius 2 is 0.935 bits per heavy atom. The van der Waals surface area contributed by atoms with Crippen molar-refractivity contribution in [3.8, 4) is 11.5 Å². The van der Waals surface area contributed by atoms with Crippen LogP contribution in [-0.2, 0) is 34.7 Å². The van der Waals surface area contributed by atoms with Crippen molar-refractivity contribution in [1.82, 2.24) is 9.80 Å². The van der Waals surface area contributed by atoms with Crippen molar-refractivity contribution in [2.45, 2.75) is 227 Å². The Balaban J connectivity index is 1.33. The second-order valence-electron chi connectivity index (χ2n) is 24.1. The van der Waals surface area contributed by atoms with Gasteiger partial charge in [0, 0.05) is 71.9 Å². The fraction of sp³-hybridized carbons (Fsp3) is 0.643. The van der Waals surface area contributed by atoms with Gasteiger partial charge in [-0.3, -0.25) is 19.8 Å². The Morgan fingerprint density at radius 1 is 0.565 bits per heavy atom. The number of aliphatic imine (C=N–C) groups is 2. The summed E-state index contributed by atoms with van der Waals surface area (Å²) in [6.45, 7) is 35.1. The van der Waals surface area contributed by atoms with Crippen LogP contribution in [0.25, 0.3) is 0 Å². The Bertz CT molecular complexity index is 2050. The van der Waals surface area contributed by atoms with Crippen LogP contribution in [0.5, 0.6) is 11.5 Å². The number of hydrogen-bond donors (Lipinski definition) is 2. The summed E-state index contributed by atoms with van der Waals surface area (Å²) in [5.41, 5.74) is 11.7. The molecule has 3 aromatic rings. The zero-order valence-corrected chi connectivity index (χ0v) is 41.5. The molecule has 0 bridgehead atoms. The van der Waals surface area contributed by atoms with Gasteiger partial charge in [0.1, 0.15) is 11.5 Å². The molecular formula is C56H82N4O2. The predicted octanol–water partition coefficient (Wildman–Crippen LogP) is 14.1. The lowest BCUT2D eigenvalue weighted by molar-refractivity contribution is 0.0580. The molecule has 0 amide bonds. The molecule has 3 unspecified atom stereocenters. The molecule has 3 saturated carbocycles. The fourth-order valence-corrected chi connectivity index (χ4v) is 11.3. The van der Waals surface area contributed by atoms with Crippen LogP contribution >= 0.6 is 0 Å². The molecule has 3 aromatic carbocycles. The molecule has 3 aliphatic carbocycles. The summed E-state index contributed by atoms with van der Waals surface area (Å²) in [5.74, 6) is 1.22. The number of phenolic OH excluding ortho intramolecular Hbond substituents is 2. The highest BCUT2D eigenvalue weighted by Crippen LogP contribution is 2.51. The average Bonchev–Trinajstić information content (AvgIpc) is 3.61. The van der Waals surface area contributed by atoms with Gasteiger partial charge in [-0.1, -0.05) is 141 Å². The van der Waals surface area contributed by atoms with Crippen LogP contribution in [0.1, 0.15) is 210 Å². The molecule has 1 aliphatic heterocycles. The van der Waals surface area contributed by atoms with Gasteiger partial charge in [-0.2, -0.15) is 0 Å². The minimum atomic E-state index is -0.246. The van der Waals surface area contributed by atoms with Crippen molar-refractivity contribution in [2.75, 3.05) is 0 Å². The van der Waals surface area contributed by atoms with Crippen molar-refractivity contribution < 1.29 is 10.2 Å². The van der Waals surface area contributed by atoms with Gasteiger partial charge >= 0.3 is 0 Å². The first-order valence-electron chi connectivity index (χ1n) is 24.4. The van der Waals surface area contributed by atoms with E-state index in [4.69, 9.17) is 9.98 Å². The van der Waals surface area contributed by atoms with Gasteiger partial charge in [-0.05, 0) is 113 Å². The van der Waals surface area contributed by atoms with Gasteiger partial charge in [-0.25, -0.2) is 0 Å². The van der Waals surface area contributed by atoms with E-state index in [0.29, 0.717) is 18.0 Å². The molecule has 4 aliphatic rings. The summed E-state index contributed by atoms with van der Waals surface area (Å²) in [6.07, 6.45) is 17.5. The van der Waals surface area contributed by atoms with Gasteiger partial charge < -0.3 is 10.2 Å². The molecule has 62 heavy (non-hydrogen) atoms. The van der Waals surface area contributed by atoms with E-state index in [0.717, 1.165) is 69.9 Å². The molecule has 7 rings (SSSR count). The Kier molecular flexibility index (Phi) is 12.9. The fourth-order valence-electron chi connectivity index (χ4n) is 11.3. The third kappa shape index (κ3) is 9.35. The van der Waals surface area contributed by atoms with Gasteiger partial charge in [0.25, 0.3) is 0 Å². The first-order chi connectivity index (χ1) is 28.9. The summed E-state index contributed by atoms with van der Waals surface area (Å²) in [4.78, 5) is 16.6. The van der Waals surface area contributed by atoms with Gasteiger partial charge in [-0.15, -0.1) is 0 Å². The van der Waals surface area contributed by atoms with E-state index in [1.165, 1.54) is 86.5 Å². The van der Waals surface area contributed by atoms with E-state index in [-0.39, 0.29) is 33.2 Å². The number of fused-ring (bicyclic) bond motifs is 1. The lowest BCUT2D eigenvalue weighted by Gasteiger charge is -2.43. The van der Waals surface area contributed by atoms with Crippen LogP contribution < -0.4 is 0 Å². The van der Waals surface area contributed by atoms with Crippen molar-refractivity contribution in [2.24, 2.45) is 15.9 Å². The normalized spacial score (nSPS) is 22.4. The Morgan fingerprint density at radius 3 is 1.27 bits per heavy atom. The first kappa shape index (κ1) is 46.5. The number of aromatic hydroxyl groups is 2. The molecule has 338 valence electrons. The second kappa shape index (κ2) is 17.1. The molecular weight excluding hydrogens is 761 g/mol. The summed E-state index contributed by atoms with van der Waals surface area (Å²) in [7, 11) is 0. The van der Waals surface area contributed by atoms with Crippen LogP contribution in [0, 0.1) is 19.8 Å². The summed E-state index contributed by atoms with van der Waals surface area (Å²) >= 11 is 0. The standard InChI is InChI=1S/C56H82N4O2/c1-34-43-32-59(49-36(3)50(49)60(41-22-18-16-19-23-41)42-24-20-17-21-25-42)33-44(43)35(2)48(58-31-38-27-40(54(7,8)9)29-46(52(38)62)56(13,14)15)47(34)57-30-37-26-39(53(4,5)6)28-45(51(37)61)55(10,11)12/h26-31,36,41-42,49-50,61-62H,16-25,32-33H2,1-15H3. The Labute approximate surface area is 376 Å². The van der Waals surface area contributed by atoms with Crippen molar-refractivity contribution in [3.05, 3.63) is 79.9 Å². The van der Waals surface area contributed by atoms with Crippen LogP contribution in [-0.4, -0.2) is 56.6 Å². The lowest BCUT2D eigenvalue weighted by atomic mass is 9.79. The quantitative estimate of drug-likeness (QED) is 0.222. The van der Waals surface area contributed by atoms with Gasteiger partial charge in [0.15, 0.2) is 0 Å². The summed E-state index contributed by atoms with van der Waals surface area (Å²) < 4.78 is 0. The molecule has 3 atom stereocenters. The maximum Gasteiger partial charge on any atom is 0.128 e. The van der Waals surface area contributed by atoms with Crippen molar-refractivity contribution in [3.63, 3.8) is 0 Å². The zero-order valence-electron chi connectivity index (χ0n) is 41.5. The highest BCUT2D eigenvalue weighted by atomic mass is 16.3. The number of benzene rings is 3. The third-order valence-electron chi connectivity index (χ3n) is 15.3. The first-order valence-corrected chi connectivity index (χ1v) is 24.4. The Hall–Kier alpha value is -3.48. The highest BCUT2D eigenvalue weighted by molar-refractivity contribution is 5.92. The SMILES string of the molecule is Cc1c2c(c(C)c(N=Cc3cc(C(C)(C)C)cc(C(C)(C)C)c3O)c1N=Cc1cc(C(C)(C)C)cc(C(C)(C)C)c1O)CN(C1C(C)C1N(C1CCCCC1)C1CCCCC1)C2. The zero-order chi connectivity index (χ0) is 45.3. The predicted molar refractivity (Wildman–Crippen MR) is 263 cm³/mol. The number of phenols is 2. The maximum atomic E-state index is 11.8. The molecule has 0 saturated heterocycles. The molecule has 1 heterocycles. The van der Waals surface area contributed by atoms with E-state index in [9.17, 15) is 10.2 Å². The van der Waals surface area contributed by atoms with Gasteiger partial charge in [0.05, 0.1) is 11.4 Å². The van der Waals surface area contributed by atoms with Crippen molar-refractivity contribution in [1.29, 1.82) is 0 Å². The van der Waals surface area contributed by atoms with E-state index < -0.39 is 0 Å². The molecule has 0 radical (unpaired) electrons. The van der Waals surface area contributed by atoms with Crippen LogP contribution in [0.3, 0.4) is 0 Å². The minimum absolute atomic E-state index is 0.105. The van der Waals surface area contributed by atoms with E-state index in [1.54, 1.807) is 0 Å². The number of hydrogen-bond acceptors (Lipinski definition) is 6. The van der Waals surface area contributed by atoms with Crippen LogP contribution in [0.2, 0.25) is 0 Å². The molecule has 6 heteroatoms. The lowest BCUT2D eigenvalue weighted by Crippen LogP contribution is -2.48. The highest BCUT2D eigenvalue weighted by Gasteiger charge is 2.57. The van der Waals surface area contributed by atoms with E-state index >= 15 is 0 Å². The van der Waals surface area contributed by atoms with Gasteiger partial charge in [0.2, 0.25) is 0 Å². The summed E-state index contributed by atoms with van der Waals surface area (Å²) in [6, 6.07) is 11.2. The monoisotopic (exact) mass is 843 g/mol. The molecule has 6 nitrogen and oxygen atoms in total. The van der Waals surface area contributed by atoms with Crippen LogP contribution in [0.4, 0.5) is 11.4 Å². The van der Waals surface area contributed by atoms with Crippen molar-refractivity contribution >= 4 is 23.8 Å². The molecule has 0 aromatic heterocycles. The second-order valence-corrected chi connectivity index (χ2v) is 24.1. The van der Waals surface area contributed by atoms with Crippen LogP contribution in [0.15, 0.2) is 34.3 Å². The number of rotatable bonds is 8. The smallest absolute Gasteiger partial charge is 0.128 e. The number of nitrogens with zero attached hydrogens (tertiary/aromatic N) is 4. The molecule has 3 fully saturated rings. The largest absolute Gasteiger partial charge is 0.507 e. The average molecular weight is 843 g/mol. The summed E-state index contributed by atoms with van der Waals surface area (Å²) in [5, 5.41) is 23.7. The molecule has 0 spiro atoms. The minimum Gasteiger partial charge on any atom is -0.507 e. The topological polar surface area (TPSA) is 71.7 Å².